The Hall–Kier alpha value is -0.180. The van der Waals surface area contributed by atoms with Gasteiger partial charge in [0.25, 0.3) is 0 Å². The quantitative estimate of drug-likeness (QED) is 0.783. The molecule has 1 aromatic rings. The molecule has 1 nitrogen and oxygen atoms in total. The van der Waals surface area contributed by atoms with Crippen LogP contribution < -0.4 is 0 Å². The predicted octanol–water partition coefficient (Wildman–Crippen LogP) is 3.03. The van der Waals surface area contributed by atoms with E-state index >= 15 is 0 Å². The summed E-state index contributed by atoms with van der Waals surface area (Å²) >= 11 is 4.61. The highest BCUT2D eigenvalue weighted by atomic mass is 35.5. The van der Waals surface area contributed by atoms with E-state index in [4.69, 9.17) is 0 Å². The Balaban J connectivity index is 0.00000169. The van der Waals surface area contributed by atoms with Crippen LogP contribution >= 0.6 is 25.0 Å². The van der Waals surface area contributed by atoms with Gasteiger partial charge in [-0.3, -0.25) is 0 Å². The van der Waals surface area contributed by atoms with E-state index in [2.05, 4.69) is 62.8 Å². The molecule has 1 rings (SSSR count). The third-order valence-electron chi connectivity index (χ3n) is 2.41. The van der Waals surface area contributed by atoms with Crippen molar-refractivity contribution in [3.63, 3.8) is 0 Å². The number of likely N-dealkylation sites (N-methyl/N-ethyl adjacent to an activating group) is 1. The van der Waals surface area contributed by atoms with Crippen molar-refractivity contribution < 1.29 is 0 Å². The lowest BCUT2D eigenvalue weighted by atomic mass is 10.1. The molecule has 14 heavy (non-hydrogen) atoms. The first-order valence-electron chi connectivity index (χ1n) is 4.52. The number of halogens is 1. The molecule has 3 heteroatoms. The summed E-state index contributed by atoms with van der Waals surface area (Å²) in [5, 5.41) is 0.288. The lowest BCUT2D eigenvalue weighted by molar-refractivity contribution is 0.309. The van der Waals surface area contributed by atoms with Crippen LogP contribution in [0.1, 0.15) is 17.7 Å². The number of nitrogens with zero attached hydrogens (tertiary/aromatic N) is 1. The van der Waals surface area contributed by atoms with Crippen molar-refractivity contribution in [3.05, 3.63) is 35.9 Å². The Morgan fingerprint density at radius 2 is 1.64 bits per heavy atom. The van der Waals surface area contributed by atoms with Crippen molar-refractivity contribution in [2.24, 2.45) is 0 Å². The molecule has 0 bridgehead atoms. The largest absolute Gasteiger partial charge is 0.305 e. The lowest BCUT2D eigenvalue weighted by Crippen LogP contribution is -2.28. The van der Waals surface area contributed by atoms with Gasteiger partial charge in [0.1, 0.15) is 0 Å². The van der Waals surface area contributed by atoms with Gasteiger partial charge in [-0.1, -0.05) is 30.3 Å². The summed E-state index contributed by atoms with van der Waals surface area (Å²) in [6.45, 7) is 2.19. The molecule has 0 unspecified atom stereocenters. The van der Waals surface area contributed by atoms with E-state index in [1.54, 1.807) is 0 Å². The van der Waals surface area contributed by atoms with Crippen LogP contribution in [0, 0.1) is 0 Å². The maximum atomic E-state index is 4.61. The van der Waals surface area contributed by atoms with Crippen LogP contribution in [-0.2, 0) is 0 Å². The van der Waals surface area contributed by atoms with Gasteiger partial charge in [0, 0.05) is 11.3 Å². The van der Waals surface area contributed by atoms with Crippen molar-refractivity contribution in [3.8, 4) is 0 Å². The standard InChI is InChI=1S/C11H17NS.ClH/c1-9(12(2)3)11(13)10-7-5-4-6-8-10;/h4-9,11,13H,1-3H3;1H/t9-,11+;/m0./s1. The minimum Gasteiger partial charge on any atom is -0.305 e. The van der Waals surface area contributed by atoms with Gasteiger partial charge < -0.3 is 4.90 Å². The van der Waals surface area contributed by atoms with E-state index in [1.807, 2.05) is 6.07 Å². The van der Waals surface area contributed by atoms with Crippen LogP contribution in [0.3, 0.4) is 0 Å². The Kier molecular flexibility index (Phi) is 6.25. The predicted molar refractivity (Wildman–Crippen MR) is 68.6 cm³/mol. The second-order valence-corrected chi connectivity index (χ2v) is 4.12. The minimum atomic E-state index is 0. The van der Waals surface area contributed by atoms with Gasteiger partial charge in [0.15, 0.2) is 0 Å². The van der Waals surface area contributed by atoms with Gasteiger partial charge in [-0.25, -0.2) is 0 Å². The summed E-state index contributed by atoms with van der Waals surface area (Å²) in [6, 6.07) is 10.8. The third-order valence-corrected chi connectivity index (χ3v) is 3.14. The van der Waals surface area contributed by atoms with Gasteiger partial charge in [0.2, 0.25) is 0 Å². The SMILES string of the molecule is C[C@@H]([C@@H](S)c1ccccc1)N(C)C.Cl. The third kappa shape index (κ3) is 3.52. The van der Waals surface area contributed by atoms with Crippen molar-refractivity contribution >= 4 is 25.0 Å². The molecule has 0 aliphatic heterocycles. The lowest BCUT2D eigenvalue weighted by Gasteiger charge is -2.25. The molecule has 0 fully saturated rings. The molecule has 1 aromatic carbocycles. The highest BCUT2D eigenvalue weighted by Gasteiger charge is 2.16. The summed E-state index contributed by atoms with van der Waals surface area (Å²) in [5.74, 6) is 0. The second kappa shape index (κ2) is 6.33. The van der Waals surface area contributed by atoms with Crippen LogP contribution in [0.2, 0.25) is 0 Å². The zero-order valence-corrected chi connectivity index (χ0v) is 10.6. The molecule has 0 saturated heterocycles. The molecule has 0 aliphatic rings. The van der Waals surface area contributed by atoms with Crippen LogP contribution in [0.15, 0.2) is 30.3 Å². The molecular formula is C11H18ClNS. The number of benzene rings is 1. The van der Waals surface area contributed by atoms with Gasteiger partial charge in [-0.05, 0) is 26.6 Å². The molecule has 0 spiro atoms. The maximum absolute atomic E-state index is 4.61. The highest BCUT2D eigenvalue weighted by Crippen LogP contribution is 2.25. The van der Waals surface area contributed by atoms with Gasteiger partial charge in [-0.2, -0.15) is 12.6 Å². The van der Waals surface area contributed by atoms with E-state index in [0.29, 0.717) is 6.04 Å². The van der Waals surface area contributed by atoms with Crippen LogP contribution in [0.4, 0.5) is 0 Å². The Labute approximate surface area is 98.3 Å². The Morgan fingerprint density at radius 1 is 1.14 bits per heavy atom. The van der Waals surface area contributed by atoms with Gasteiger partial charge in [-0.15, -0.1) is 12.4 Å². The topological polar surface area (TPSA) is 3.24 Å². The number of hydrogen-bond acceptors (Lipinski definition) is 2. The molecule has 0 radical (unpaired) electrons. The number of hydrogen-bond donors (Lipinski definition) is 1. The van der Waals surface area contributed by atoms with E-state index < -0.39 is 0 Å². The summed E-state index contributed by atoms with van der Waals surface area (Å²) in [7, 11) is 4.16. The molecular weight excluding hydrogens is 214 g/mol. The fourth-order valence-corrected chi connectivity index (χ4v) is 1.65. The summed E-state index contributed by atoms with van der Waals surface area (Å²) in [6.07, 6.45) is 0. The molecule has 0 saturated carbocycles. The van der Waals surface area contributed by atoms with Crippen LogP contribution in [0.25, 0.3) is 0 Å². The van der Waals surface area contributed by atoms with Crippen molar-refractivity contribution in [2.75, 3.05) is 14.1 Å². The molecule has 0 heterocycles. The fraction of sp³-hybridized carbons (Fsp3) is 0.455. The zero-order valence-electron chi connectivity index (χ0n) is 8.84. The minimum absolute atomic E-state index is 0. The van der Waals surface area contributed by atoms with E-state index in [9.17, 15) is 0 Å². The Morgan fingerprint density at radius 3 is 2.07 bits per heavy atom. The first kappa shape index (κ1) is 13.8. The zero-order chi connectivity index (χ0) is 9.84. The molecule has 0 N–H and O–H groups in total. The van der Waals surface area contributed by atoms with Gasteiger partial charge >= 0.3 is 0 Å². The molecule has 0 aliphatic carbocycles. The molecule has 0 aromatic heterocycles. The highest BCUT2D eigenvalue weighted by molar-refractivity contribution is 7.80. The normalized spacial score (nSPS) is 14.6. The van der Waals surface area contributed by atoms with E-state index in [0.717, 1.165) is 0 Å². The van der Waals surface area contributed by atoms with E-state index in [-0.39, 0.29) is 17.7 Å². The number of rotatable bonds is 3. The Bertz CT molecular complexity index is 251. The first-order chi connectivity index (χ1) is 6.13. The fourth-order valence-electron chi connectivity index (χ4n) is 1.21. The monoisotopic (exact) mass is 231 g/mol. The smallest absolute Gasteiger partial charge is 0.0419 e. The van der Waals surface area contributed by atoms with Crippen molar-refractivity contribution in [1.29, 1.82) is 0 Å². The van der Waals surface area contributed by atoms with Crippen LogP contribution in [0.5, 0.6) is 0 Å². The maximum Gasteiger partial charge on any atom is 0.0419 e. The average Bonchev–Trinajstić information content (AvgIpc) is 2.17. The molecule has 80 valence electrons. The van der Waals surface area contributed by atoms with Crippen molar-refractivity contribution in [1.82, 2.24) is 4.90 Å². The van der Waals surface area contributed by atoms with Gasteiger partial charge in [0.05, 0.1) is 0 Å². The van der Waals surface area contributed by atoms with Crippen LogP contribution in [-0.4, -0.2) is 25.0 Å². The summed E-state index contributed by atoms with van der Waals surface area (Å²) in [5.41, 5.74) is 1.28. The average molecular weight is 232 g/mol. The number of thiol groups is 1. The summed E-state index contributed by atoms with van der Waals surface area (Å²) < 4.78 is 0. The van der Waals surface area contributed by atoms with E-state index in [1.165, 1.54) is 5.56 Å². The van der Waals surface area contributed by atoms with Crippen molar-refractivity contribution in [2.45, 2.75) is 18.2 Å². The summed E-state index contributed by atoms with van der Waals surface area (Å²) in [4.78, 5) is 2.19. The first-order valence-corrected chi connectivity index (χ1v) is 5.04. The second-order valence-electron chi connectivity index (χ2n) is 3.56. The molecule has 2 atom stereocenters. The molecule has 0 amide bonds.